The Kier molecular flexibility index (Phi) is 5.12. The maximum absolute atomic E-state index is 11.7. The van der Waals surface area contributed by atoms with Crippen LogP contribution in [0.15, 0.2) is 59.5 Å². The van der Waals surface area contributed by atoms with E-state index in [1.165, 1.54) is 26.0 Å². The Balaban J connectivity index is 2.15. The third-order valence-corrected chi connectivity index (χ3v) is 5.53. The van der Waals surface area contributed by atoms with Gasteiger partial charge in [-0.2, -0.15) is 0 Å². The van der Waals surface area contributed by atoms with Crippen LogP contribution in [0.4, 0.5) is 0 Å². The highest BCUT2D eigenvalue weighted by Crippen LogP contribution is 2.53. The topological polar surface area (TPSA) is 86.7 Å². The van der Waals surface area contributed by atoms with Crippen molar-refractivity contribution in [3.05, 3.63) is 65.7 Å². The summed E-state index contributed by atoms with van der Waals surface area (Å²) in [6.45, 7) is 2.51. The predicted octanol–water partition coefficient (Wildman–Crippen LogP) is 3.23. The molecule has 0 fully saturated rings. The van der Waals surface area contributed by atoms with Crippen LogP contribution in [-0.4, -0.2) is 32.4 Å². The summed E-state index contributed by atoms with van der Waals surface area (Å²) in [4.78, 5) is 23.6. The third-order valence-electron chi connectivity index (χ3n) is 4.40. The maximum atomic E-state index is 11.7. The van der Waals surface area contributed by atoms with Crippen molar-refractivity contribution in [3.8, 4) is 0 Å². The second-order valence-corrected chi connectivity index (χ2v) is 8.65. The smallest absolute Gasteiger partial charge is 0.306 e. The number of hydrogen-bond donors (Lipinski definition) is 0. The Bertz CT molecular complexity index is 1030. The summed E-state index contributed by atoms with van der Waals surface area (Å²) in [5, 5.41) is 0. The van der Waals surface area contributed by atoms with Crippen LogP contribution >= 0.6 is 0 Å². The van der Waals surface area contributed by atoms with Crippen molar-refractivity contribution in [2.75, 3.05) is 6.26 Å². The fraction of sp³-hybridized carbons (Fsp3) is 0.238. The van der Waals surface area contributed by atoms with Crippen molar-refractivity contribution >= 4 is 32.9 Å². The van der Waals surface area contributed by atoms with Crippen molar-refractivity contribution in [3.63, 3.8) is 0 Å². The Labute approximate surface area is 163 Å². The van der Waals surface area contributed by atoms with Gasteiger partial charge >= 0.3 is 11.9 Å². The van der Waals surface area contributed by atoms with Gasteiger partial charge in [-0.3, -0.25) is 9.59 Å². The molecule has 28 heavy (non-hydrogen) atoms. The molecule has 7 heteroatoms. The Morgan fingerprint density at radius 1 is 0.857 bits per heavy atom. The SMILES string of the molecule is CC(=O)OC1(OC(C)=O)CC(c2ccc(S(C)(=O)=O)cc2)=C1c1ccccc1. The largest absolute Gasteiger partial charge is 0.418 e. The first kappa shape index (κ1) is 19.8. The average molecular weight is 400 g/mol. The minimum atomic E-state index is -3.31. The first-order valence-corrected chi connectivity index (χ1v) is 10.5. The van der Waals surface area contributed by atoms with Crippen LogP contribution in [0.2, 0.25) is 0 Å². The number of carbonyl (C=O) groups excluding carboxylic acids is 2. The third kappa shape index (κ3) is 3.84. The van der Waals surface area contributed by atoms with E-state index in [1.807, 2.05) is 30.3 Å². The fourth-order valence-electron chi connectivity index (χ4n) is 3.34. The molecule has 0 saturated heterocycles. The van der Waals surface area contributed by atoms with E-state index in [1.54, 1.807) is 12.1 Å². The molecule has 2 aromatic rings. The van der Waals surface area contributed by atoms with Crippen molar-refractivity contribution in [1.29, 1.82) is 0 Å². The lowest BCUT2D eigenvalue weighted by molar-refractivity contribution is -0.207. The molecule has 0 aromatic heterocycles. The lowest BCUT2D eigenvalue weighted by atomic mass is 9.74. The summed E-state index contributed by atoms with van der Waals surface area (Å²) in [5.41, 5.74) is 2.90. The van der Waals surface area contributed by atoms with Gasteiger partial charge in [-0.25, -0.2) is 8.42 Å². The number of esters is 2. The molecule has 0 atom stereocenters. The number of benzene rings is 2. The van der Waals surface area contributed by atoms with Crippen molar-refractivity contribution in [2.24, 2.45) is 0 Å². The fourth-order valence-corrected chi connectivity index (χ4v) is 3.97. The van der Waals surface area contributed by atoms with E-state index in [2.05, 4.69) is 0 Å². The number of rotatable bonds is 5. The molecule has 0 bridgehead atoms. The van der Waals surface area contributed by atoms with Gasteiger partial charge in [0.05, 0.1) is 11.3 Å². The summed E-state index contributed by atoms with van der Waals surface area (Å²) < 4.78 is 34.3. The highest BCUT2D eigenvalue weighted by atomic mass is 32.2. The summed E-state index contributed by atoms with van der Waals surface area (Å²) in [6.07, 6.45) is 1.32. The lowest BCUT2D eigenvalue weighted by Crippen LogP contribution is -2.46. The first-order chi connectivity index (χ1) is 13.1. The summed E-state index contributed by atoms with van der Waals surface area (Å²) >= 11 is 0. The monoisotopic (exact) mass is 400 g/mol. The van der Waals surface area contributed by atoms with Gasteiger partial charge in [-0.1, -0.05) is 42.5 Å². The second kappa shape index (κ2) is 7.24. The minimum Gasteiger partial charge on any atom is -0.418 e. The molecule has 0 radical (unpaired) electrons. The Morgan fingerprint density at radius 3 is 1.86 bits per heavy atom. The standard InChI is InChI=1S/C21H20O6S/c1-14(22)26-21(27-15(2)23)13-19(20(21)17-7-5-4-6-8-17)16-9-11-18(12-10-16)28(3,24)25/h4-12H,13H2,1-3H3. The maximum Gasteiger partial charge on any atom is 0.306 e. The van der Waals surface area contributed by atoms with Gasteiger partial charge in [-0.05, 0) is 28.8 Å². The highest BCUT2D eigenvalue weighted by molar-refractivity contribution is 7.90. The van der Waals surface area contributed by atoms with Crippen LogP contribution < -0.4 is 0 Å². The van der Waals surface area contributed by atoms with Crippen LogP contribution in [0.25, 0.3) is 11.1 Å². The molecule has 0 amide bonds. The summed E-state index contributed by atoms with van der Waals surface area (Å²) in [7, 11) is -3.31. The minimum absolute atomic E-state index is 0.175. The average Bonchev–Trinajstić information content (AvgIpc) is 2.59. The van der Waals surface area contributed by atoms with Crippen molar-refractivity contribution in [1.82, 2.24) is 0 Å². The molecule has 1 aliphatic carbocycles. The molecular weight excluding hydrogens is 380 g/mol. The van der Waals surface area contributed by atoms with Crippen LogP contribution in [0.1, 0.15) is 31.4 Å². The molecule has 0 heterocycles. The molecule has 2 aromatic carbocycles. The van der Waals surface area contributed by atoms with Gasteiger partial charge in [0, 0.05) is 25.7 Å². The first-order valence-electron chi connectivity index (χ1n) is 8.61. The van der Waals surface area contributed by atoms with Gasteiger partial charge < -0.3 is 9.47 Å². The van der Waals surface area contributed by atoms with Gasteiger partial charge in [0.1, 0.15) is 0 Å². The van der Waals surface area contributed by atoms with E-state index in [0.717, 1.165) is 23.0 Å². The van der Waals surface area contributed by atoms with E-state index in [0.29, 0.717) is 5.57 Å². The highest BCUT2D eigenvalue weighted by Gasteiger charge is 2.52. The number of sulfone groups is 1. The summed E-state index contributed by atoms with van der Waals surface area (Å²) in [5.74, 6) is -2.63. The molecule has 0 N–H and O–H groups in total. The summed E-state index contributed by atoms with van der Waals surface area (Å²) in [6, 6.07) is 15.6. The van der Waals surface area contributed by atoms with E-state index < -0.39 is 27.6 Å². The van der Waals surface area contributed by atoms with E-state index >= 15 is 0 Å². The zero-order valence-corrected chi connectivity index (χ0v) is 16.6. The van der Waals surface area contributed by atoms with E-state index in [4.69, 9.17) is 9.47 Å². The molecule has 6 nitrogen and oxygen atoms in total. The number of ether oxygens (including phenoxy) is 2. The molecule has 0 aliphatic heterocycles. The lowest BCUT2D eigenvalue weighted by Gasteiger charge is -2.43. The molecule has 0 unspecified atom stereocenters. The molecule has 3 rings (SSSR count). The van der Waals surface area contributed by atoms with Crippen LogP contribution in [-0.2, 0) is 28.9 Å². The number of carbonyl (C=O) groups is 2. The second-order valence-electron chi connectivity index (χ2n) is 6.63. The van der Waals surface area contributed by atoms with Crippen LogP contribution in [0.3, 0.4) is 0 Å². The Morgan fingerprint density at radius 2 is 1.39 bits per heavy atom. The van der Waals surface area contributed by atoms with Gasteiger partial charge in [0.15, 0.2) is 9.84 Å². The molecule has 0 spiro atoms. The molecular formula is C21H20O6S. The van der Waals surface area contributed by atoms with Crippen molar-refractivity contribution in [2.45, 2.75) is 31.0 Å². The van der Waals surface area contributed by atoms with Gasteiger partial charge in [-0.15, -0.1) is 0 Å². The molecule has 0 saturated carbocycles. The van der Waals surface area contributed by atoms with Gasteiger partial charge in [0.25, 0.3) is 5.79 Å². The molecule has 1 aliphatic rings. The Hall–Kier alpha value is -2.93. The normalized spacial score (nSPS) is 15.5. The zero-order valence-electron chi connectivity index (χ0n) is 15.8. The zero-order chi connectivity index (χ0) is 20.5. The van der Waals surface area contributed by atoms with E-state index in [9.17, 15) is 18.0 Å². The number of hydrogen-bond acceptors (Lipinski definition) is 6. The quantitative estimate of drug-likeness (QED) is 0.566. The van der Waals surface area contributed by atoms with Gasteiger partial charge in [0.2, 0.25) is 0 Å². The van der Waals surface area contributed by atoms with Crippen LogP contribution in [0, 0.1) is 0 Å². The van der Waals surface area contributed by atoms with Crippen molar-refractivity contribution < 1.29 is 27.5 Å². The predicted molar refractivity (Wildman–Crippen MR) is 104 cm³/mol. The molecule has 146 valence electrons. The van der Waals surface area contributed by atoms with E-state index in [-0.39, 0.29) is 11.3 Å². The van der Waals surface area contributed by atoms with Crippen LogP contribution in [0.5, 0.6) is 0 Å².